The highest BCUT2D eigenvalue weighted by atomic mass is 14.8. The number of hydrogen-bond acceptors (Lipinski definition) is 1. The maximum Gasteiger partial charge on any atom is 0.0106 e. The maximum absolute atomic E-state index is 3.41. The van der Waals surface area contributed by atoms with E-state index in [1.165, 1.54) is 24.8 Å². The highest BCUT2D eigenvalue weighted by Gasteiger charge is 2.41. The van der Waals surface area contributed by atoms with Crippen LogP contribution in [0.2, 0.25) is 0 Å². The molecule has 0 heterocycles. The molecule has 1 aromatic carbocycles. The molecule has 1 saturated carbocycles. The fraction of sp³-hybridized carbons (Fsp3) is 0.600. The van der Waals surface area contributed by atoms with Gasteiger partial charge in [0.1, 0.15) is 0 Å². The highest BCUT2D eigenvalue weighted by Crippen LogP contribution is 2.46. The predicted molar refractivity (Wildman–Crippen MR) is 69.8 cm³/mol. The largest absolute Gasteiger partial charge is 0.319 e. The fourth-order valence-corrected chi connectivity index (χ4v) is 3.45. The van der Waals surface area contributed by atoms with E-state index < -0.39 is 0 Å². The lowest BCUT2D eigenvalue weighted by molar-refractivity contribution is 0.324. The first kappa shape index (κ1) is 11.7. The van der Waals surface area contributed by atoms with Crippen LogP contribution >= 0.6 is 0 Å². The van der Waals surface area contributed by atoms with Crippen molar-refractivity contribution in [3.05, 3.63) is 35.4 Å². The first-order valence-electron chi connectivity index (χ1n) is 6.41. The summed E-state index contributed by atoms with van der Waals surface area (Å²) in [7, 11) is 2.07. The van der Waals surface area contributed by atoms with Crippen LogP contribution in [-0.2, 0) is 5.41 Å². The van der Waals surface area contributed by atoms with Gasteiger partial charge >= 0.3 is 0 Å². The van der Waals surface area contributed by atoms with E-state index in [1.54, 1.807) is 5.56 Å². The summed E-state index contributed by atoms with van der Waals surface area (Å²) in [5.41, 5.74) is 3.39. The molecule has 2 rings (SSSR count). The zero-order chi connectivity index (χ0) is 11.6. The SMILES string of the molecule is CNCC1(c2ccccc2C)CCCC1C. The average Bonchev–Trinajstić information content (AvgIpc) is 2.62. The van der Waals surface area contributed by atoms with Gasteiger partial charge in [0.2, 0.25) is 0 Å². The predicted octanol–water partition coefficient (Wildman–Crippen LogP) is 3.27. The van der Waals surface area contributed by atoms with E-state index in [0.717, 1.165) is 12.5 Å². The average molecular weight is 217 g/mol. The molecular formula is C15H23N. The number of hydrogen-bond donors (Lipinski definition) is 1. The van der Waals surface area contributed by atoms with Crippen LogP contribution in [0.15, 0.2) is 24.3 Å². The van der Waals surface area contributed by atoms with Crippen molar-refractivity contribution in [3.63, 3.8) is 0 Å². The summed E-state index contributed by atoms with van der Waals surface area (Å²) in [6.07, 6.45) is 4.08. The van der Waals surface area contributed by atoms with Gasteiger partial charge in [0, 0.05) is 12.0 Å². The summed E-state index contributed by atoms with van der Waals surface area (Å²) in [5.74, 6) is 0.793. The molecule has 0 spiro atoms. The Morgan fingerprint density at radius 3 is 2.69 bits per heavy atom. The van der Waals surface area contributed by atoms with E-state index in [-0.39, 0.29) is 0 Å². The van der Waals surface area contributed by atoms with Crippen molar-refractivity contribution in [2.24, 2.45) is 5.92 Å². The quantitative estimate of drug-likeness (QED) is 0.819. The van der Waals surface area contributed by atoms with Crippen LogP contribution in [0.1, 0.15) is 37.3 Å². The van der Waals surface area contributed by atoms with Crippen LogP contribution in [0, 0.1) is 12.8 Å². The van der Waals surface area contributed by atoms with E-state index in [1.807, 2.05) is 0 Å². The van der Waals surface area contributed by atoms with Gasteiger partial charge in [0.25, 0.3) is 0 Å². The second-order valence-electron chi connectivity index (χ2n) is 5.29. The number of nitrogens with one attached hydrogen (secondary N) is 1. The van der Waals surface area contributed by atoms with Crippen LogP contribution in [0.25, 0.3) is 0 Å². The van der Waals surface area contributed by atoms with Crippen LogP contribution < -0.4 is 5.32 Å². The second kappa shape index (κ2) is 4.58. The van der Waals surface area contributed by atoms with Gasteiger partial charge in [0.05, 0.1) is 0 Å². The third-order valence-corrected chi connectivity index (χ3v) is 4.38. The molecule has 1 aliphatic rings. The molecule has 0 aromatic heterocycles. The number of rotatable bonds is 3. The molecule has 16 heavy (non-hydrogen) atoms. The first-order chi connectivity index (χ1) is 7.70. The summed E-state index contributed by atoms with van der Waals surface area (Å²) in [4.78, 5) is 0. The van der Waals surface area contributed by atoms with Crippen LogP contribution in [0.4, 0.5) is 0 Å². The van der Waals surface area contributed by atoms with Crippen LogP contribution in [-0.4, -0.2) is 13.6 Å². The minimum Gasteiger partial charge on any atom is -0.319 e. The molecule has 0 amide bonds. The maximum atomic E-state index is 3.41. The minimum atomic E-state index is 0.375. The van der Waals surface area contributed by atoms with Crippen LogP contribution in [0.5, 0.6) is 0 Å². The molecule has 0 bridgehead atoms. The van der Waals surface area contributed by atoms with Crippen molar-refractivity contribution < 1.29 is 0 Å². The van der Waals surface area contributed by atoms with Gasteiger partial charge in [-0.2, -0.15) is 0 Å². The summed E-state index contributed by atoms with van der Waals surface area (Å²) < 4.78 is 0. The van der Waals surface area contributed by atoms with Gasteiger partial charge in [0.15, 0.2) is 0 Å². The summed E-state index contributed by atoms with van der Waals surface area (Å²) in [6, 6.07) is 8.91. The second-order valence-corrected chi connectivity index (χ2v) is 5.29. The van der Waals surface area contributed by atoms with E-state index >= 15 is 0 Å². The normalized spacial score (nSPS) is 29.6. The van der Waals surface area contributed by atoms with Crippen molar-refractivity contribution in [1.82, 2.24) is 5.32 Å². The fourth-order valence-electron chi connectivity index (χ4n) is 3.45. The monoisotopic (exact) mass is 217 g/mol. The lowest BCUT2D eigenvalue weighted by Gasteiger charge is -2.35. The van der Waals surface area contributed by atoms with Crippen molar-refractivity contribution in [1.29, 1.82) is 0 Å². The van der Waals surface area contributed by atoms with Gasteiger partial charge in [-0.05, 0) is 43.9 Å². The summed E-state index contributed by atoms with van der Waals surface area (Å²) in [6.45, 7) is 5.77. The standard InChI is InChI=1S/C15H23N/c1-12-7-4-5-9-14(12)15(11-16-3)10-6-8-13(15)2/h4-5,7,9,13,16H,6,8,10-11H2,1-3H3. The van der Waals surface area contributed by atoms with Crippen molar-refractivity contribution in [2.45, 2.75) is 38.5 Å². The molecular weight excluding hydrogens is 194 g/mol. The van der Waals surface area contributed by atoms with E-state index in [4.69, 9.17) is 0 Å². The third kappa shape index (κ3) is 1.78. The lowest BCUT2D eigenvalue weighted by Crippen LogP contribution is -2.39. The van der Waals surface area contributed by atoms with Gasteiger partial charge < -0.3 is 5.32 Å². The van der Waals surface area contributed by atoms with Crippen molar-refractivity contribution in [3.8, 4) is 0 Å². The summed E-state index contributed by atoms with van der Waals surface area (Å²) in [5, 5.41) is 3.41. The van der Waals surface area contributed by atoms with Crippen molar-refractivity contribution in [2.75, 3.05) is 13.6 Å². The molecule has 88 valence electrons. The topological polar surface area (TPSA) is 12.0 Å². The Bertz CT molecular complexity index is 358. The molecule has 1 heteroatoms. The zero-order valence-electron chi connectivity index (χ0n) is 10.7. The van der Waals surface area contributed by atoms with Gasteiger partial charge in [-0.15, -0.1) is 0 Å². The number of benzene rings is 1. The number of aryl methyl sites for hydroxylation is 1. The Balaban J connectivity index is 2.43. The Kier molecular flexibility index (Phi) is 3.34. The molecule has 2 unspecified atom stereocenters. The Morgan fingerprint density at radius 1 is 1.38 bits per heavy atom. The highest BCUT2D eigenvalue weighted by molar-refractivity contribution is 5.35. The molecule has 1 aliphatic carbocycles. The lowest BCUT2D eigenvalue weighted by atomic mass is 9.71. The first-order valence-corrected chi connectivity index (χ1v) is 6.41. The number of likely N-dealkylation sites (N-methyl/N-ethyl adjacent to an activating group) is 1. The van der Waals surface area contributed by atoms with E-state index in [9.17, 15) is 0 Å². The Morgan fingerprint density at radius 2 is 2.12 bits per heavy atom. The molecule has 1 N–H and O–H groups in total. The smallest absolute Gasteiger partial charge is 0.0106 e. The molecule has 2 atom stereocenters. The molecule has 1 fully saturated rings. The van der Waals surface area contributed by atoms with Crippen LogP contribution in [0.3, 0.4) is 0 Å². The van der Waals surface area contributed by atoms with Gasteiger partial charge in [-0.25, -0.2) is 0 Å². The Hall–Kier alpha value is -0.820. The molecule has 1 aromatic rings. The molecule has 0 saturated heterocycles. The van der Waals surface area contributed by atoms with Gasteiger partial charge in [-0.3, -0.25) is 0 Å². The zero-order valence-corrected chi connectivity index (χ0v) is 10.7. The summed E-state index contributed by atoms with van der Waals surface area (Å²) >= 11 is 0. The van der Waals surface area contributed by atoms with Gasteiger partial charge in [-0.1, -0.05) is 37.6 Å². The van der Waals surface area contributed by atoms with E-state index in [2.05, 4.69) is 50.5 Å². The van der Waals surface area contributed by atoms with Crippen molar-refractivity contribution >= 4 is 0 Å². The molecule has 1 nitrogen and oxygen atoms in total. The third-order valence-electron chi connectivity index (χ3n) is 4.38. The molecule has 0 radical (unpaired) electrons. The molecule has 0 aliphatic heterocycles. The minimum absolute atomic E-state index is 0.375. The Labute approximate surface area is 99.3 Å². The van der Waals surface area contributed by atoms with E-state index in [0.29, 0.717) is 5.41 Å².